The van der Waals surface area contributed by atoms with Gasteiger partial charge in [-0.05, 0) is 11.6 Å². The Balaban J connectivity index is 1.88. The molecular weight excluding hydrogens is 280 g/mol. The van der Waals surface area contributed by atoms with Crippen LogP contribution in [0.1, 0.15) is 5.56 Å². The third-order valence-corrected chi connectivity index (χ3v) is 5.32. The van der Waals surface area contributed by atoms with Crippen molar-refractivity contribution in [2.24, 2.45) is 5.73 Å². The minimum atomic E-state index is -3.63. The minimum absolute atomic E-state index is 0.0234. The summed E-state index contributed by atoms with van der Waals surface area (Å²) in [6.07, 6.45) is 2.34. The SMILES string of the molecule is NC(=O)C1=CCN(S(=O)(=O)c2ccc3c(c2)OCC3)C1. The van der Waals surface area contributed by atoms with E-state index in [2.05, 4.69) is 0 Å². The molecule has 0 spiro atoms. The Labute approximate surface area is 116 Å². The van der Waals surface area contributed by atoms with Gasteiger partial charge in [0.2, 0.25) is 15.9 Å². The number of benzene rings is 1. The molecule has 2 heterocycles. The van der Waals surface area contributed by atoms with E-state index in [0.29, 0.717) is 17.9 Å². The Morgan fingerprint density at radius 3 is 2.85 bits per heavy atom. The highest BCUT2D eigenvalue weighted by Gasteiger charge is 2.30. The van der Waals surface area contributed by atoms with Gasteiger partial charge >= 0.3 is 0 Å². The van der Waals surface area contributed by atoms with Crippen molar-refractivity contribution in [3.05, 3.63) is 35.4 Å². The second-order valence-electron chi connectivity index (χ2n) is 4.76. The summed E-state index contributed by atoms with van der Waals surface area (Å²) in [5.74, 6) is 0.0355. The van der Waals surface area contributed by atoms with Crippen molar-refractivity contribution in [2.75, 3.05) is 19.7 Å². The number of nitrogens with zero attached hydrogens (tertiary/aromatic N) is 1. The van der Waals surface area contributed by atoms with E-state index >= 15 is 0 Å². The first-order valence-corrected chi connectivity index (χ1v) is 7.67. The van der Waals surface area contributed by atoms with Gasteiger partial charge in [-0.1, -0.05) is 12.1 Å². The summed E-state index contributed by atoms with van der Waals surface area (Å²) in [6.45, 7) is 0.768. The number of carbonyl (C=O) groups is 1. The summed E-state index contributed by atoms with van der Waals surface area (Å²) in [6, 6.07) is 4.89. The lowest BCUT2D eigenvalue weighted by Gasteiger charge is -2.16. The average molecular weight is 294 g/mol. The zero-order chi connectivity index (χ0) is 14.3. The van der Waals surface area contributed by atoms with Crippen molar-refractivity contribution in [1.82, 2.24) is 4.31 Å². The second kappa shape index (κ2) is 4.60. The zero-order valence-corrected chi connectivity index (χ0v) is 11.5. The lowest BCUT2D eigenvalue weighted by molar-refractivity contribution is -0.114. The highest BCUT2D eigenvalue weighted by Crippen LogP contribution is 2.30. The van der Waals surface area contributed by atoms with Crippen LogP contribution in [0.5, 0.6) is 5.75 Å². The van der Waals surface area contributed by atoms with Crippen LogP contribution in [0.15, 0.2) is 34.7 Å². The molecule has 0 radical (unpaired) electrons. The third kappa shape index (κ3) is 2.08. The van der Waals surface area contributed by atoms with Crippen LogP contribution in [-0.2, 0) is 21.2 Å². The normalized spacial score (nSPS) is 18.5. The lowest BCUT2D eigenvalue weighted by Crippen LogP contribution is -2.30. The first kappa shape index (κ1) is 13.1. The number of nitrogens with two attached hydrogens (primary N) is 1. The fraction of sp³-hybridized carbons (Fsp3) is 0.308. The van der Waals surface area contributed by atoms with E-state index in [1.54, 1.807) is 24.3 Å². The van der Waals surface area contributed by atoms with Crippen LogP contribution in [0, 0.1) is 0 Å². The maximum atomic E-state index is 12.5. The maximum absolute atomic E-state index is 12.5. The number of fused-ring (bicyclic) bond motifs is 1. The van der Waals surface area contributed by atoms with Gasteiger partial charge in [-0.3, -0.25) is 4.79 Å². The molecule has 7 heteroatoms. The van der Waals surface area contributed by atoms with Crippen molar-refractivity contribution in [1.29, 1.82) is 0 Å². The molecule has 0 saturated heterocycles. The lowest BCUT2D eigenvalue weighted by atomic mass is 10.2. The summed E-state index contributed by atoms with van der Waals surface area (Å²) in [5.41, 5.74) is 6.51. The third-order valence-electron chi connectivity index (χ3n) is 3.51. The molecule has 3 rings (SSSR count). The van der Waals surface area contributed by atoms with Crippen molar-refractivity contribution in [3.63, 3.8) is 0 Å². The van der Waals surface area contributed by atoms with Gasteiger partial charge in [0.1, 0.15) is 5.75 Å². The molecule has 0 aliphatic carbocycles. The van der Waals surface area contributed by atoms with Crippen molar-refractivity contribution in [3.8, 4) is 5.75 Å². The standard InChI is InChI=1S/C13H14N2O4S/c14-13(16)10-3-5-15(8-10)20(17,18)11-2-1-9-4-6-19-12(9)7-11/h1-3,7H,4-6,8H2,(H2,14,16). The van der Waals surface area contributed by atoms with Crippen LogP contribution in [0.2, 0.25) is 0 Å². The summed E-state index contributed by atoms with van der Waals surface area (Å²) >= 11 is 0. The predicted molar refractivity (Wildman–Crippen MR) is 71.7 cm³/mol. The van der Waals surface area contributed by atoms with Gasteiger partial charge in [-0.15, -0.1) is 0 Å². The average Bonchev–Trinajstić information content (AvgIpc) is 3.07. The van der Waals surface area contributed by atoms with E-state index in [9.17, 15) is 13.2 Å². The molecular formula is C13H14N2O4S. The summed E-state index contributed by atoms with van der Waals surface area (Å²) in [7, 11) is -3.63. The predicted octanol–water partition coefficient (Wildman–Crippen LogP) is 0.0375. The van der Waals surface area contributed by atoms with Gasteiger partial charge in [-0.2, -0.15) is 4.31 Å². The molecule has 2 aliphatic rings. The highest BCUT2D eigenvalue weighted by molar-refractivity contribution is 7.89. The monoisotopic (exact) mass is 294 g/mol. The molecule has 0 fully saturated rings. The minimum Gasteiger partial charge on any atom is -0.493 e. The van der Waals surface area contributed by atoms with Crippen molar-refractivity contribution >= 4 is 15.9 Å². The number of hydrogen-bond donors (Lipinski definition) is 1. The largest absolute Gasteiger partial charge is 0.493 e. The molecule has 0 bridgehead atoms. The first-order chi connectivity index (χ1) is 9.48. The molecule has 1 amide bonds. The van der Waals surface area contributed by atoms with E-state index < -0.39 is 15.9 Å². The molecule has 0 aromatic heterocycles. The molecule has 0 saturated carbocycles. The van der Waals surface area contributed by atoms with Crippen molar-refractivity contribution < 1.29 is 17.9 Å². The zero-order valence-electron chi connectivity index (χ0n) is 10.7. The fourth-order valence-corrected chi connectivity index (χ4v) is 3.72. The van der Waals surface area contributed by atoms with Crippen LogP contribution in [-0.4, -0.2) is 38.3 Å². The first-order valence-electron chi connectivity index (χ1n) is 6.23. The van der Waals surface area contributed by atoms with Crippen LogP contribution in [0.4, 0.5) is 0 Å². The number of hydrogen-bond acceptors (Lipinski definition) is 4. The molecule has 2 N–H and O–H groups in total. The van der Waals surface area contributed by atoms with Crippen LogP contribution in [0.25, 0.3) is 0 Å². The molecule has 0 atom stereocenters. The van der Waals surface area contributed by atoms with E-state index in [1.807, 2.05) is 0 Å². The van der Waals surface area contributed by atoms with E-state index in [1.165, 1.54) is 4.31 Å². The molecule has 106 valence electrons. The Morgan fingerprint density at radius 2 is 2.15 bits per heavy atom. The van der Waals surface area contributed by atoms with E-state index in [4.69, 9.17) is 10.5 Å². The molecule has 0 unspecified atom stereocenters. The number of rotatable bonds is 3. The number of amides is 1. The number of sulfonamides is 1. The highest BCUT2D eigenvalue weighted by atomic mass is 32.2. The quantitative estimate of drug-likeness (QED) is 0.852. The Bertz CT molecular complexity index is 709. The van der Waals surface area contributed by atoms with Gasteiger partial charge in [0.15, 0.2) is 0 Å². The Morgan fingerprint density at radius 1 is 1.35 bits per heavy atom. The maximum Gasteiger partial charge on any atom is 0.245 e. The van der Waals surface area contributed by atoms with Crippen LogP contribution >= 0.6 is 0 Å². The van der Waals surface area contributed by atoms with Crippen LogP contribution in [0.3, 0.4) is 0 Å². The Hall–Kier alpha value is -1.86. The Kier molecular flexibility index (Phi) is 3.02. The molecule has 20 heavy (non-hydrogen) atoms. The summed E-state index contributed by atoms with van der Waals surface area (Å²) in [5, 5.41) is 0. The van der Waals surface area contributed by atoms with Gasteiger partial charge in [0.25, 0.3) is 0 Å². The molecule has 1 aromatic rings. The summed E-state index contributed by atoms with van der Waals surface area (Å²) in [4.78, 5) is 11.3. The van der Waals surface area contributed by atoms with Gasteiger partial charge in [0.05, 0.1) is 11.5 Å². The summed E-state index contributed by atoms with van der Waals surface area (Å²) < 4.78 is 31.6. The number of primary amides is 1. The second-order valence-corrected chi connectivity index (χ2v) is 6.70. The molecule has 2 aliphatic heterocycles. The molecule has 1 aromatic carbocycles. The van der Waals surface area contributed by atoms with E-state index in [0.717, 1.165) is 12.0 Å². The van der Waals surface area contributed by atoms with Crippen molar-refractivity contribution in [2.45, 2.75) is 11.3 Å². The number of carbonyl (C=O) groups excluding carboxylic acids is 1. The smallest absolute Gasteiger partial charge is 0.245 e. The van der Waals surface area contributed by atoms with E-state index in [-0.39, 0.29) is 18.0 Å². The van der Waals surface area contributed by atoms with Gasteiger partial charge in [0, 0.05) is 31.1 Å². The fourth-order valence-electron chi connectivity index (χ4n) is 2.35. The molecule has 6 nitrogen and oxygen atoms in total. The van der Waals surface area contributed by atoms with Crippen LogP contribution < -0.4 is 10.5 Å². The van der Waals surface area contributed by atoms with Gasteiger partial charge < -0.3 is 10.5 Å². The van der Waals surface area contributed by atoms with Gasteiger partial charge in [-0.25, -0.2) is 8.42 Å². The topological polar surface area (TPSA) is 89.7 Å². The number of ether oxygens (including phenoxy) is 1.